The van der Waals surface area contributed by atoms with Crippen molar-refractivity contribution in [1.29, 1.82) is 0 Å². The number of hydrogen-bond acceptors (Lipinski definition) is 3. The van der Waals surface area contributed by atoms with E-state index >= 15 is 0 Å². The van der Waals surface area contributed by atoms with Crippen LogP contribution in [0.5, 0.6) is 0 Å². The van der Waals surface area contributed by atoms with E-state index in [-0.39, 0.29) is 0 Å². The zero-order valence-electron chi connectivity index (χ0n) is 14.7. The van der Waals surface area contributed by atoms with Crippen molar-refractivity contribution in [3.8, 4) is 0 Å². The van der Waals surface area contributed by atoms with E-state index in [9.17, 15) is 0 Å². The monoisotopic (exact) mass is 298 g/mol. The van der Waals surface area contributed by atoms with E-state index in [0.29, 0.717) is 18.1 Å². The molecule has 0 aromatic carbocycles. The molecule has 1 saturated carbocycles. The molecule has 0 heterocycles. The Balaban J connectivity index is 2.63. The van der Waals surface area contributed by atoms with Gasteiger partial charge in [-0.25, -0.2) is 0 Å². The van der Waals surface area contributed by atoms with Crippen LogP contribution in [0, 0.1) is 0 Å². The van der Waals surface area contributed by atoms with E-state index in [0.717, 1.165) is 13.2 Å². The van der Waals surface area contributed by atoms with Gasteiger partial charge in [0.05, 0.1) is 6.61 Å². The largest absolute Gasteiger partial charge is 0.383 e. The highest BCUT2D eigenvalue weighted by Crippen LogP contribution is 2.21. The minimum atomic E-state index is 0.323. The van der Waals surface area contributed by atoms with Gasteiger partial charge in [-0.3, -0.25) is 4.90 Å². The summed E-state index contributed by atoms with van der Waals surface area (Å²) in [6.45, 7) is 6.39. The summed E-state index contributed by atoms with van der Waals surface area (Å²) >= 11 is 0. The first-order valence-electron chi connectivity index (χ1n) is 9.17. The summed E-state index contributed by atoms with van der Waals surface area (Å²) in [5, 5.41) is 0. The summed E-state index contributed by atoms with van der Waals surface area (Å²) in [7, 11) is 1.79. The second-order valence-electron chi connectivity index (χ2n) is 6.96. The van der Waals surface area contributed by atoms with Crippen LogP contribution in [-0.4, -0.2) is 43.3 Å². The van der Waals surface area contributed by atoms with Crippen LogP contribution in [0.25, 0.3) is 0 Å². The van der Waals surface area contributed by atoms with Gasteiger partial charge in [0.25, 0.3) is 0 Å². The van der Waals surface area contributed by atoms with Crippen LogP contribution in [0.1, 0.15) is 78.1 Å². The Bertz CT molecular complexity index is 245. The summed E-state index contributed by atoms with van der Waals surface area (Å²) in [5.74, 6) is 0. The van der Waals surface area contributed by atoms with Crippen LogP contribution in [0.2, 0.25) is 0 Å². The molecule has 1 rings (SSSR count). The van der Waals surface area contributed by atoms with Crippen molar-refractivity contribution in [2.75, 3.05) is 20.3 Å². The SMILES string of the molecule is COCCN(C(C)C)C1CCCCCCCCCCC1N. The summed E-state index contributed by atoms with van der Waals surface area (Å²) in [4.78, 5) is 2.58. The smallest absolute Gasteiger partial charge is 0.0589 e. The van der Waals surface area contributed by atoms with Crippen molar-refractivity contribution < 1.29 is 4.74 Å². The first kappa shape index (κ1) is 18.9. The Labute approximate surface area is 132 Å². The van der Waals surface area contributed by atoms with Gasteiger partial charge >= 0.3 is 0 Å². The van der Waals surface area contributed by atoms with Crippen LogP contribution in [0.15, 0.2) is 0 Å². The molecule has 3 nitrogen and oxygen atoms in total. The lowest BCUT2D eigenvalue weighted by Gasteiger charge is -2.38. The molecule has 2 N–H and O–H groups in total. The fourth-order valence-corrected chi connectivity index (χ4v) is 3.62. The Morgan fingerprint density at radius 3 is 2.00 bits per heavy atom. The van der Waals surface area contributed by atoms with Gasteiger partial charge in [-0.2, -0.15) is 0 Å². The Hall–Kier alpha value is -0.120. The van der Waals surface area contributed by atoms with Crippen molar-refractivity contribution in [3.05, 3.63) is 0 Å². The Kier molecular flexibility index (Phi) is 10.3. The standard InChI is InChI=1S/C18H38N2O/c1-16(2)20(14-15-21-3)18-13-11-9-7-5-4-6-8-10-12-17(18)19/h16-18H,4-15,19H2,1-3H3. The normalized spacial score (nSPS) is 26.6. The summed E-state index contributed by atoms with van der Waals surface area (Å²) in [5.41, 5.74) is 6.59. The molecule has 0 bridgehead atoms. The predicted octanol–water partition coefficient (Wildman–Crippen LogP) is 3.95. The molecule has 0 amide bonds. The van der Waals surface area contributed by atoms with Gasteiger partial charge in [-0.1, -0.05) is 51.4 Å². The maximum atomic E-state index is 6.59. The number of methoxy groups -OCH3 is 1. The molecule has 0 radical (unpaired) electrons. The highest BCUT2D eigenvalue weighted by molar-refractivity contribution is 4.84. The fraction of sp³-hybridized carbons (Fsp3) is 1.00. The topological polar surface area (TPSA) is 38.5 Å². The second kappa shape index (κ2) is 11.4. The number of nitrogens with zero attached hydrogens (tertiary/aromatic N) is 1. The van der Waals surface area contributed by atoms with Crippen molar-refractivity contribution in [2.45, 2.75) is 96.2 Å². The molecule has 1 aliphatic carbocycles. The van der Waals surface area contributed by atoms with Crippen LogP contribution in [-0.2, 0) is 4.74 Å². The Morgan fingerprint density at radius 1 is 0.952 bits per heavy atom. The molecular formula is C18H38N2O. The molecule has 2 atom stereocenters. The first-order chi connectivity index (χ1) is 10.2. The van der Waals surface area contributed by atoms with Crippen LogP contribution >= 0.6 is 0 Å². The molecule has 0 saturated heterocycles. The van der Waals surface area contributed by atoms with E-state index < -0.39 is 0 Å². The van der Waals surface area contributed by atoms with Gasteiger partial charge in [0, 0.05) is 31.8 Å². The molecule has 21 heavy (non-hydrogen) atoms. The van der Waals surface area contributed by atoms with Gasteiger partial charge in [0.1, 0.15) is 0 Å². The minimum Gasteiger partial charge on any atom is -0.383 e. The molecule has 3 heteroatoms. The lowest BCUT2D eigenvalue weighted by atomic mass is 9.92. The molecule has 2 unspecified atom stereocenters. The van der Waals surface area contributed by atoms with Crippen molar-refractivity contribution in [2.24, 2.45) is 5.73 Å². The summed E-state index contributed by atoms with van der Waals surface area (Å²) in [6, 6.07) is 1.40. The maximum absolute atomic E-state index is 6.59. The average molecular weight is 299 g/mol. The summed E-state index contributed by atoms with van der Waals surface area (Å²) < 4.78 is 5.30. The van der Waals surface area contributed by atoms with Crippen molar-refractivity contribution >= 4 is 0 Å². The average Bonchev–Trinajstić information content (AvgIpc) is 2.45. The van der Waals surface area contributed by atoms with Crippen LogP contribution < -0.4 is 5.73 Å². The van der Waals surface area contributed by atoms with E-state index in [2.05, 4.69) is 18.7 Å². The highest BCUT2D eigenvalue weighted by atomic mass is 16.5. The predicted molar refractivity (Wildman–Crippen MR) is 91.7 cm³/mol. The molecule has 126 valence electrons. The van der Waals surface area contributed by atoms with E-state index in [1.165, 1.54) is 64.2 Å². The van der Waals surface area contributed by atoms with Crippen LogP contribution in [0.4, 0.5) is 0 Å². The molecule has 0 aromatic rings. The van der Waals surface area contributed by atoms with Gasteiger partial charge in [0.15, 0.2) is 0 Å². The number of rotatable bonds is 5. The van der Waals surface area contributed by atoms with Gasteiger partial charge in [-0.15, -0.1) is 0 Å². The zero-order chi connectivity index (χ0) is 15.5. The zero-order valence-corrected chi connectivity index (χ0v) is 14.7. The molecular weight excluding hydrogens is 260 g/mol. The third-order valence-electron chi connectivity index (χ3n) is 4.92. The quantitative estimate of drug-likeness (QED) is 0.835. The number of nitrogens with two attached hydrogens (primary N) is 1. The van der Waals surface area contributed by atoms with E-state index in [1.54, 1.807) is 7.11 Å². The van der Waals surface area contributed by atoms with Crippen LogP contribution in [0.3, 0.4) is 0 Å². The van der Waals surface area contributed by atoms with Crippen molar-refractivity contribution in [1.82, 2.24) is 4.90 Å². The highest BCUT2D eigenvalue weighted by Gasteiger charge is 2.26. The lowest BCUT2D eigenvalue weighted by Crippen LogP contribution is -2.51. The molecule has 1 fully saturated rings. The maximum Gasteiger partial charge on any atom is 0.0589 e. The number of hydrogen-bond donors (Lipinski definition) is 1. The third-order valence-corrected chi connectivity index (χ3v) is 4.92. The molecule has 0 aliphatic heterocycles. The van der Waals surface area contributed by atoms with Gasteiger partial charge < -0.3 is 10.5 Å². The Morgan fingerprint density at radius 2 is 1.48 bits per heavy atom. The molecule has 1 aliphatic rings. The molecule has 0 aromatic heterocycles. The fourth-order valence-electron chi connectivity index (χ4n) is 3.62. The van der Waals surface area contributed by atoms with Gasteiger partial charge in [-0.05, 0) is 26.7 Å². The number of ether oxygens (including phenoxy) is 1. The lowest BCUT2D eigenvalue weighted by molar-refractivity contribution is 0.0766. The molecule has 0 spiro atoms. The van der Waals surface area contributed by atoms with Crippen molar-refractivity contribution in [3.63, 3.8) is 0 Å². The first-order valence-corrected chi connectivity index (χ1v) is 9.17. The van der Waals surface area contributed by atoms with Gasteiger partial charge in [0.2, 0.25) is 0 Å². The van der Waals surface area contributed by atoms with E-state index in [4.69, 9.17) is 10.5 Å². The third kappa shape index (κ3) is 7.62. The second-order valence-corrected chi connectivity index (χ2v) is 6.96. The summed E-state index contributed by atoms with van der Waals surface area (Å²) in [6.07, 6.45) is 13.4. The van der Waals surface area contributed by atoms with E-state index in [1.807, 2.05) is 0 Å². The minimum absolute atomic E-state index is 0.323.